The minimum Gasteiger partial charge on any atom is -0.382 e. The van der Waals surface area contributed by atoms with Gasteiger partial charge in [-0.15, -0.1) is 24.0 Å². The minimum atomic E-state index is 0. The summed E-state index contributed by atoms with van der Waals surface area (Å²) in [5.41, 5.74) is 1.59. The van der Waals surface area contributed by atoms with E-state index in [2.05, 4.69) is 28.3 Å². The molecule has 1 aliphatic rings. The summed E-state index contributed by atoms with van der Waals surface area (Å²) in [6.07, 6.45) is 3.69. The largest absolute Gasteiger partial charge is 0.382 e. The van der Waals surface area contributed by atoms with Gasteiger partial charge >= 0.3 is 0 Å². The van der Waals surface area contributed by atoms with Crippen molar-refractivity contribution in [2.75, 3.05) is 33.9 Å². The van der Waals surface area contributed by atoms with Crippen molar-refractivity contribution >= 4 is 41.5 Å². The van der Waals surface area contributed by atoms with Gasteiger partial charge in [0, 0.05) is 45.4 Å². The number of hydrogen-bond donors (Lipinski definition) is 1. The van der Waals surface area contributed by atoms with Crippen molar-refractivity contribution < 1.29 is 4.74 Å². The molecule has 0 amide bonds. The van der Waals surface area contributed by atoms with Crippen LogP contribution in [0.3, 0.4) is 0 Å². The number of nitrogens with one attached hydrogen (secondary N) is 1. The quantitative estimate of drug-likeness (QED) is 0.271. The number of halogens is 2. The first kappa shape index (κ1) is 21.5. The molecule has 6 heteroatoms. The van der Waals surface area contributed by atoms with Crippen LogP contribution in [0.4, 0.5) is 0 Å². The highest BCUT2D eigenvalue weighted by Gasteiger charge is 2.42. The first-order valence-corrected chi connectivity index (χ1v) is 8.70. The topological polar surface area (TPSA) is 36.9 Å². The summed E-state index contributed by atoms with van der Waals surface area (Å²) in [6, 6.07) is 7.96. The highest BCUT2D eigenvalue weighted by Crippen LogP contribution is 2.48. The van der Waals surface area contributed by atoms with Crippen LogP contribution in [0.15, 0.2) is 29.3 Å². The van der Waals surface area contributed by atoms with Gasteiger partial charge in [-0.25, -0.2) is 0 Å². The molecule has 1 aliphatic carbocycles. The Kier molecular flexibility index (Phi) is 9.37. The van der Waals surface area contributed by atoms with Crippen LogP contribution in [-0.4, -0.2) is 44.7 Å². The van der Waals surface area contributed by atoms with Gasteiger partial charge < -0.3 is 15.0 Å². The Morgan fingerprint density at radius 1 is 1.42 bits per heavy atom. The van der Waals surface area contributed by atoms with E-state index in [1.165, 1.54) is 18.4 Å². The smallest absolute Gasteiger partial charge is 0.193 e. The van der Waals surface area contributed by atoms with Crippen LogP contribution in [0, 0.1) is 5.41 Å². The number of hydrogen-bond acceptors (Lipinski definition) is 2. The lowest BCUT2D eigenvalue weighted by molar-refractivity contribution is 0.128. The van der Waals surface area contributed by atoms with Gasteiger partial charge in [-0.2, -0.15) is 0 Å². The SMILES string of the molecule is CCOCCC1(CNC(=NC)N(C)Cc2cccc(Cl)c2)CC1.I. The van der Waals surface area contributed by atoms with Crippen LogP contribution in [0.5, 0.6) is 0 Å². The normalized spacial score (nSPS) is 15.6. The maximum atomic E-state index is 6.06. The summed E-state index contributed by atoms with van der Waals surface area (Å²) in [6.45, 7) is 5.45. The Hall–Kier alpha value is -0.530. The monoisotopic (exact) mass is 465 g/mol. The first-order chi connectivity index (χ1) is 11.1. The predicted octanol–water partition coefficient (Wildman–Crippen LogP) is 4.17. The zero-order valence-corrected chi connectivity index (χ0v) is 17.9. The fraction of sp³-hybridized carbons (Fsp3) is 0.611. The van der Waals surface area contributed by atoms with Gasteiger partial charge in [0.1, 0.15) is 0 Å². The minimum absolute atomic E-state index is 0. The molecule has 0 radical (unpaired) electrons. The van der Waals surface area contributed by atoms with Gasteiger partial charge in [-0.05, 0) is 49.3 Å². The van der Waals surface area contributed by atoms with Crippen molar-refractivity contribution in [3.8, 4) is 0 Å². The Bertz CT molecular complexity index is 535. The molecular formula is C18H29ClIN3O. The van der Waals surface area contributed by atoms with Crippen LogP contribution >= 0.6 is 35.6 Å². The molecule has 24 heavy (non-hydrogen) atoms. The summed E-state index contributed by atoms with van der Waals surface area (Å²) >= 11 is 6.06. The third-order valence-corrected chi connectivity index (χ3v) is 4.68. The van der Waals surface area contributed by atoms with Crippen molar-refractivity contribution in [1.29, 1.82) is 0 Å². The van der Waals surface area contributed by atoms with Gasteiger partial charge in [0.15, 0.2) is 5.96 Å². The molecule has 0 spiro atoms. The average Bonchev–Trinajstić information content (AvgIpc) is 3.28. The Morgan fingerprint density at radius 2 is 2.17 bits per heavy atom. The van der Waals surface area contributed by atoms with E-state index in [9.17, 15) is 0 Å². The molecule has 4 nitrogen and oxygen atoms in total. The molecule has 0 atom stereocenters. The maximum absolute atomic E-state index is 6.06. The van der Waals surface area contributed by atoms with Crippen molar-refractivity contribution in [1.82, 2.24) is 10.2 Å². The highest BCUT2D eigenvalue weighted by molar-refractivity contribution is 14.0. The highest BCUT2D eigenvalue weighted by atomic mass is 127. The number of aliphatic imine (C=N–C) groups is 1. The third-order valence-electron chi connectivity index (χ3n) is 4.44. The Balaban J connectivity index is 0.00000288. The van der Waals surface area contributed by atoms with Crippen LogP contribution in [0.2, 0.25) is 5.02 Å². The summed E-state index contributed by atoms with van der Waals surface area (Å²) < 4.78 is 5.50. The number of nitrogens with zero attached hydrogens (tertiary/aromatic N) is 2. The average molecular weight is 466 g/mol. The molecule has 0 unspecified atom stereocenters. The van der Waals surface area contributed by atoms with E-state index in [0.29, 0.717) is 5.41 Å². The fourth-order valence-corrected chi connectivity index (χ4v) is 2.97. The lowest BCUT2D eigenvalue weighted by Crippen LogP contribution is -2.41. The Morgan fingerprint density at radius 3 is 2.75 bits per heavy atom. The van der Waals surface area contributed by atoms with E-state index in [1.54, 1.807) is 0 Å². The zero-order chi connectivity index (χ0) is 16.7. The fourth-order valence-electron chi connectivity index (χ4n) is 2.76. The molecule has 136 valence electrons. The van der Waals surface area contributed by atoms with Crippen LogP contribution in [-0.2, 0) is 11.3 Å². The van der Waals surface area contributed by atoms with E-state index in [1.807, 2.05) is 32.2 Å². The van der Waals surface area contributed by atoms with E-state index >= 15 is 0 Å². The van der Waals surface area contributed by atoms with E-state index in [0.717, 1.165) is 43.7 Å². The molecule has 1 N–H and O–H groups in total. The zero-order valence-electron chi connectivity index (χ0n) is 14.8. The molecule has 0 aliphatic heterocycles. The molecule has 1 fully saturated rings. The summed E-state index contributed by atoms with van der Waals surface area (Å²) in [7, 11) is 3.88. The number of ether oxygens (including phenoxy) is 1. The summed E-state index contributed by atoms with van der Waals surface area (Å²) in [5, 5.41) is 4.29. The Labute approximate surface area is 168 Å². The van der Waals surface area contributed by atoms with E-state index < -0.39 is 0 Å². The number of guanidine groups is 1. The van der Waals surface area contributed by atoms with Crippen molar-refractivity contribution in [3.63, 3.8) is 0 Å². The summed E-state index contributed by atoms with van der Waals surface area (Å²) in [4.78, 5) is 6.53. The van der Waals surface area contributed by atoms with Gasteiger partial charge in [0.2, 0.25) is 0 Å². The molecular weight excluding hydrogens is 437 g/mol. The number of benzene rings is 1. The molecule has 0 aromatic heterocycles. The van der Waals surface area contributed by atoms with Crippen LogP contribution < -0.4 is 5.32 Å². The van der Waals surface area contributed by atoms with Gasteiger partial charge in [-0.1, -0.05) is 23.7 Å². The van der Waals surface area contributed by atoms with E-state index in [4.69, 9.17) is 16.3 Å². The number of rotatable bonds is 8. The van der Waals surface area contributed by atoms with E-state index in [-0.39, 0.29) is 24.0 Å². The first-order valence-electron chi connectivity index (χ1n) is 8.32. The molecule has 1 saturated carbocycles. The summed E-state index contributed by atoms with van der Waals surface area (Å²) in [5.74, 6) is 0.924. The second-order valence-corrected chi connectivity index (χ2v) is 6.77. The van der Waals surface area contributed by atoms with Crippen molar-refractivity contribution in [2.24, 2.45) is 10.4 Å². The van der Waals surface area contributed by atoms with Crippen molar-refractivity contribution in [2.45, 2.75) is 32.7 Å². The van der Waals surface area contributed by atoms with Gasteiger partial charge in [0.25, 0.3) is 0 Å². The maximum Gasteiger partial charge on any atom is 0.193 e. The lowest BCUT2D eigenvalue weighted by Gasteiger charge is -2.24. The lowest BCUT2D eigenvalue weighted by atomic mass is 10.0. The molecule has 1 aromatic rings. The van der Waals surface area contributed by atoms with Crippen LogP contribution in [0.1, 0.15) is 31.7 Å². The van der Waals surface area contributed by atoms with Gasteiger partial charge in [-0.3, -0.25) is 4.99 Å². The molecule has 0 bridgehead atoms. The second kappa shape index (κ2) is 10.5. The van der Waals surface area contributed by atoms with Crippen molar-refractivity contribution in [3.05, 3.63) is 34.9 Å². The molecule has 0 saturated heterocycles. The molecule has 1 aromatic carbocycles. The predicted molar refractivity (Wildman–Crippen MR) is 112 cm³/mol. The molecule has 2 rings (SSSR count). The standard InChI is InChI=1S/C18H28ClN3O.HI/c1-4-23-11-10-18(8-9-18)14-21-17(20-2)22(3)13-15-6-5-7-16(19)12-15;/h5-7,12H,4,8-11,13-14H2,1-3H3,(H,20,21);1H. The second-order valence-electron chi connectivity index (χ2n) is 6.33. The third kappa shape index (κ3) is 6.76. The van der Waals surface area contributed by atoms with Gasteiger partial charge in [0.05, 0.1) is 0 Å². The molecule has 0 heterocycles. The van der Waals surface area contributed by atoms with Crippen LogP contribution in [0.25, 0.3) is 0 Å².